The van der Waals surface area contributed by atoms with E-state index in [0.29, 0.717) is 11.5 Å². The van der Waals surface area contributed by atoms with E-state index in [1.54, 1.807) is 6.20 Å². The van der Waals surface area contributed by atoms with Gasteiger partial charge in [-0.3, -0.25) is 4.98 Å². The second-order valence-electron chi connectivity index (χ2n) is 10.6. The number of piperidine rings is 1. The molecule has 1 fully saturated rings. The smallest absolute Gasteiger partial charge is 0.142 e. The van der Waals surface area contributed by atoms with Crippen molar-refractivity contribution in [3.63, 3.8) is 0 Å². The summed E-state index contributed by atoms with van der Waals surface area (Å²) in [6, 6.07) is 31.9. The van der Waals surface area contributed by atoms with E-state index in [2.05, 4.69) is 98.6 Å². The van der Waals surface area contributed by atoms with Crippen molar-refractivity contribution >= 4 is 16.7 Å². The van der Waals surface area contributed by atoms with Crippen LogP contribution in [0, 0.1) is 17.2 Å². The fourth-order valence-corrected chi connectivity index (χ4v) is 5.80. The molecule has 1 aliphatic rings. The molecule has 0 aliphatic carbocycles. The third-order valence-electron chi connectivity index (χ3n) is 7.89. The first-order valence-electron chi connectivity index (χ1n) is 14.2. The molecule has 0 unspecified atom stereocenters. The largest absolute Gasteiger partial charge is 0.370 e. The molecule has 2 aromatic heterocycles. The Bertz CT molecular complexity index is 1590. The Balaban J connectivity index is 1.25. The van der Waals surface area contributed by atoms with Gasteiger partial charge in [-0.2, -0.15) is 5.26 Å². The van der Waals surface area contributed by atoms with Crippen molar-refractivity contribution in [2.24, 2.45) is 5.92 Å². The molecule has 6 nitrogen and oxygen atoms in total. The zero-order valence-corrected chi connectivity index (χ0v) is 22.7. The van der Waals surface area contributed by atoms with E-state index < -0.39 is 0 Å². The number of anilines is 1. The Morgan fingerprint density at radius 3 is 2.38 bits per heavy atom. The Hall–Kier alpha value is -4.47. The van der Waals surface area contributed by atoms with Gasteiger partial charge >= 0.3 is 0 Å². The van der Waals surface area contributed by atoms with Gasteiger partial charge in [0.25, 0.3) is 0 Å². The van der Waals surface area contributed by atoms with Gasteiger partial charge in [-0.05, 0) is 54.5 Å². The predicted molar refractivity (Wildman–Crippen MR) is 161 cm³/mol. The average molecular weight is 527 g/mol. The zero-order chi connectivity index (χ0) is 27.1. The molecule has 3 heterocycles. The normalized spacial score (nSPS) is 13.9. The molecule has 40 heavy (non-hydrogen) atoms. The van der Waals surface area contributed by atoms with E-state index in [-0.39, 0.29) is 0 Å². The number of nitrogens with zero attached hydrogens (tertiary/aromatic N) is 5. The zero-order valence-electron chi connectivity index (χ0n) is 22.7. The first kappa shape index (κ1) is 25.8. The molecule has 3 aromatic carbocycles. The third kappa shape index (κ3) is 5.75. The van der Waals surface area contributed by atoms with E-state index in [1.807, 2.05) is 18.3 Å². The lowest BCUT2D eigenvalue weighted by Crippen LogP contribution is -2.34. The van der Waals surface area contributed by atoms with Gasteiger partial charge in [0.15, 0.2) is 0 Å². The molecule has 1 aliphatic heterocycles. The number of para-hydroxylation sites is 1. The predicted octanol–water partition coefficient (Wildman–Crippen LogP) is 6.22. The van der Waals surface area contributed by atoms with Crippen molar-refractivity contribution in [2.75, 3.05) is 24.5 Å². The van der Waals surface area contributed by atoms with E-state index in [9.17, 15) is 5.26 Å². The second kappa shape index (κ2) is 12.1. The van der Waals surface area contributed by atoms with Crippen molar-refractivity contribution in [1.29, 1.82) is 5.26 Å². The Labute approximate surface area is 235 Å². The number of pyridine rings is 1. The summed E-state index contributed by atoms with van der Waals surface area (Å²) < 4.78 is 2.27. The monoisotopic (exact) mass is 526 g/mol. The summed E-state index contributed by atoms with van der Waals surface area (Å²) in [5.41, 5.74) is 7.43. The fourth-order valence-electron chi connectivity index (χ4n) is 5.80. The Morgan fingerprint density at radius 1 is 0.875 bits per heavy atom. The van der Waals surface area contributed by atoms with Crippen LogP contribution < -0.4 is 10.2 Å². The molecular formula is C34H34N6. The highest BCUT2D eigenvalue weighted by Gasteiger charge is 2.23. The molecule has 200 valence electrons. The minimum atomic E-state index is 0.541. The summed E-state index contributed by atoms with van der Waals surface area (Å²) in [6.45, 7) is 4.44. The fraction of sp³-hybridized carbons (Fsp3) is 0.265. The molecule has 6 rings (SSSR count). The highest BCUT2D eigenvalue weighted by Crippen LogP contribution is 2.34. The highest BCUT2D eigenvalue weighted by atomic mass is 15.2. The van der Waals surface area contributed by atoms with Crippen molar-refractivity contribution in [3.05, 3.63) is 114 Å². The van der Waals surface area contributed by atoms with Crippen LogP contribution in [0.3, 0.4) is 0 Å². The van der Waals surface area contributed by atoms with Crippen LogP contribution >= 0.6 is 0 Å². The summed E-state index contributed by atoms with van der Waals surface area (Å²) in [6.07, 6.45) is 6.91. The summed E-state index contributed by atoms with van der Waals surface area (Å²) >= 11 is 0. The molecular weight excluding hydrogens is 492 g/mol. The molecule has 0 atom stereocenters. The lowest BCUT2D eigenvalue weighted by Gasteiger charge is -2.33. The number of nitriles is 1. The minimum Gasteiger partial charge on any atom is -0.370 e. The summed E-state index contributed by atoms with van der Waals surface area (Å²) in [7, 11) is 0. The van der Waals surface area contributed by atoms with Crippen LogP contribution in [-0.4, -0.2) is 34.2 Å². The van der Waals surface area contributed by atoms with Gasteiger partial charge in [0, 0.05) is 50.7 Å². The molecule has 6 heteroatoms. The Morgan fingerprint density at radius 2 is 1.62 bits per heavy atom. The SMILES string of the molecule is N#Cc1cncc(-c2nc3c(N4CCC(Cc5ccccc5)CC4)cccc3n2CCNCc2ccccc2)c1. The van der Waals surface area contributed by atoms with E-state index in [1.165, 1.54) is 29.7 Å². The van der Waals surface area contributed by atoms with Crippen LogP contribution in [0.1, 0.15) is 29.5 Å². The van der Waals surface area contributed by atoms with E-state index in [0.717, 1.165) is 61.6 Å². The van der Waals surface area contributed by atoms with Crippen LogP contribution in [-0.2, 0) is 19.5 Å². The van der Waals surface area contributed by atoms with E-state index in [4.69, 9.17) is 4.98 Å². The van der Waals surface area contributed by atoms with Crippen molar-refractivity contribution in [2.45, 2.75) is 32.4 Å². The third-order valence-corrected chi connectivity index (χ3v) is 7.89. The van der Waals surface area contributed by atoms with Crippen molar-refractivity contribution < 1.29 is 0 Å². The van der Waals surface area contributed by atoms with Gasteiger partial charge < -0.3 is 14.8 Å². The van der Waals surface area contributed by atoms with Gasteiger partial charge in [-0.25, -0.2) is 4.98 Å². The van der Waals surface area contributed by atoms with Crippen LogP contribution in [0.2, 0.25) is 0 Å². The number of imidazole rings is 1. The maximum absolute atomic E-state index is 9.49. The summed E-state index contributed by atoms with van der Waals surface area (Å²) in [4.78, 5) is 12.0. The first-order valence-corrected chi connectivity index (χ1v) is 14.2. The molecule has 0 saturated carbocycles. The van der Waals surface area contributed by atoms with Crippen molar-refractivity contribution in [1.82, 2.24) is 19.9 Å². The molecule has 0 amide bonds. The number of fused-ring (bicyclic) bond motifs is 1. The maximum Gasteiger partial charge on any atom is 0.142 e. The number of rotatable bonds is 9. The lowest BCUT2D eigenvalue weighted by molar-refractivity contribution is 0.404. The number of aromatic nitrogens is 3. The van der Waals surface area contributed by atoms with Gasteiger partial charge in [0.05, 0.1) is 16.8 Å². The summed E-state index contributed by atoms with van der Waals surface area (Å²) in [5.74, 6) is 1.56. The van der Waals surface area contributed by atoms with Gasteiger partial charge in [-0.1, -0.05) is 66.7 Å². The second-order valence-corrected chi connectivity index (χ2v) is 10.6. The van der Waals surface area contributed by atoms with Crippen LogP contribution in [0.5, 0.6) is 0 Å². The molecule has 0 radical (unpaired) electrons. The van der Waals surface area contributed by atoms with Crippen LogP contribution in [0.4, 0.5) is 5.69 Å². The molecule has 0 spiro atoms. The summed E-state index contributed by atoms with van der Waals surface area (Å²) in [5, 5.41) is 13.1. The molecule has 1 saturated heterocycles. The number of hydrogen-bond donors (Lipinski definition) is 1. The average Bonchev–Trinajstić information content (AvgIpc) is 3.39. The van der Waals surface area contributed by atoms with Crippen molar-refractivity contribution in [3.8, 4) is 17.5 Å². The highest BCUT2D eigenvalue weighted by molar-refractivity contribution is 5.92. The molecule has 1 N–H and O–H groups in total. The van der Waals surface area contributed by atoms with Gasteiger partial charge in [-0.15, -0.1) is 0 Å². The topological polar surface area (TPSA) is 69.8 Å². The number of nitrogens with one attached hydrogen (secondary N) is 1. The van der Waals surface area contributed by atoms with Gasteiger partial charge in [0.1, 0.15) is 17.4 Å². The first-order chi connectivity index (χ1) is 19.8. The number of hydrogen-bond acceptors (Lipinski definition) is 5. The molecule has 5 aromatic rings. The minimum absolute atomic E-state index is 0.541. The van der Waals surface area contributed by atoms with E-state index >= 15 is 0 Å². The standard InChI is InChI=1S/C34H34N6/c35-22-29-21-30(25-37-24-29)34-38-33-31(39-17-14-27(15-18-39)20-26-8-3-1-4-9-26)12-7-13-32(33)40(34)19-16-36-23-28-10-5-2-6-11-28/h1-13,21,24-25,27,36H,14-20,23H2. The lowest BCUT2D eigenvalue weighted by atomic mass is 9.90. The Kier molecular flexibility index (Phi) is 7.83. The van der Waals surface area contributed by atoms with Gasteiger partial charge in [0.2, 0.25) is 0 Å². The molecule has 0 bridgehead atoms. The number of benzene rings is 3. The van der Waals surface area contributed by atoms with Crippen LogP contribution in [0.15, 0.2) is 97.3 Å². The van der Waals surface area contributed by atoms with Crippen LogP contribution in [0.25, 0.3) is 22.4 Å². The maximum atomic E-state index is 9.49. The quantitative estimate of drug-likeness (QED) is 0.231.